The van der Waals surface area contributed by atoms with Crippen LogP contribution in [0, 0.1) is 6.92 Å². The molecule has 0 saturated heterocycles. The zero-order chi connectivity index (χ0) is 13.7. The molecule has 0 bridgehead atoms. The van der Waals surface area contributed by atoms with E-state index in [-0.39, 0.29) is 6.04 Å². The van der Waals surface area contributed by atoms with Gasteiger partial charge in [-0.2, -0.15) is 0 Å². The number of benzene rings is 1. The molecule has 0 aliphatic rings. The predicted molar refractivity (Wildman–Crippen MR) is 77.5 cm³/mol. The summed E-state index contributed by atoms with van der Waals surface area (Å²) in [5, 5.41) is 3.52. The second kappa shape index (κ2) is 6.34. The van der Waals surface area contributed by atoms with Crippen LogP contribution in [0.4, 0.5) is 0 Å². The van der Waals surface area contributed by atoms with Gasteiger partial charge in [-0.1, -0.05) is 19.1 Å². The highest BCUT2D eigenvalue weighted by molar-refractivity contribution is 5.38. The van der Waals surface area contributed by atoms with Gasteiger partial charge in [0.2, 0.25) is 0 Å². The Morgan fingerprint density at radius 1 is 1.32 bits per heavy atom. The molecule has 0 saturated carbocycles. The van der Waals surface area contributed by atoms with Crippen molar-refractivity contribution in [2.45, 2.75) is 19.9 Å². The van der Waals surface area contributed by atoms with Crippen molar-refractivity contribution in [3.63, 3.8) is 0 Å². The van der Waals surface area contributed by atoms with Gasteiger partial charge in [-0.25, -0.2) is 0 Å². The number of nitrogens with one attached hydrogen (secondary N) is 1. The summed E-state index contributed by atoms with van der Waals surface area (Å²) in [5.41, 5.74) is 3.65. The van der Waals surface area contributed by atoms with Crippen LogP contribution in [0.3, 0.4) is 0 Å². The summed E-state index contributed by atoms with van der Waals surface area (Å²) in [7, 11) is 1.69. The molecule has 2 aromatic rings. The molecule has 2 rings (SSSR count). The van der Waals surface area contributed by atoms with Crippen molar-refractivity contribution < 1.29 is 4.74 Å². The minimum Gasteiger partial charge on any atom is -0.497 e. The van der Waals surface area contributed by atoms with Crippen LogP contribution in [0.1, 0.15) is 29.7 Å². The average molecular weight is 256 g/mol. The van der Waals surface area contributed by atoms with Crippen LogP contribution >= 0.6 is 0 Å². The van der Waals surface area contributed by atoms with Gasteiger partial charge in [0.05, 0.1) is 13.2 Å². The first kappa shape index (κ1) is 13.6. The Morgan fingerprint density at radius 2 is 2.16 bits per heavy atom. The Morgan fingerprint density at radius 3 is 2.84 bits per heavy atom. The molecule has 3 heteroatoms. The zero-order valence-electron chi connectivity index (χ0n) is 11.7. The Labute approximate surface area is 114 Å². The number of nitrogens with zero attached hydrogens (tertiary/aromatic N) is 1. The van der Waals surface area contributed by atoms with Gasteiger partial charge in [0, 0.05) is 12.4 Å². The van der Waals surface area contributed by atoms with E-state index >= 15 is 0 Å². The highest BCUT2D eigenvalue weighted by atomic mass is 16.5. The van der Waals surface area contributed by atoms with E-state index in [9.17, 15) is 0 Å². The number of hydrogen-bond donors (Lipinski definition) is 1. The lowest BCUT2D eigenvalue weighted by Crippen LogP contribution is -2.22. The van der Waals surface area contributed by atoms with E-state index in [0.717, 1.165) is 12.3 Å². The predicted octanol–water partition coefficient (Wildman–Crippen LogP) is 3.10. The summed E-state index contributed by atoms with van der Waals surface area (Å²) in [4.78, 5) is 4.16. The minimum atomic E-state index is 0.170. The number of hydrogen-bond acceptors (Lipinski definition) is 3. The molecule has 0 fully saturated rings. The number of methoxy groups -OCH3 is 1. The van der Waals surface area contributed by atoms with Crippen LogP contribution in [0.25, 0.3) is 0 Å². The van der Waals surface area contributed by atoms with Crippen molar-refractivity contribution in [2.24, 2.45) is 0 Å². The fourth-order valence-electron chi connectivity index (χ4n) is 2.24. The normalized spacial score (nSPS) is 12.2. The van der Waals surface area contributed by atoms with E-state index in [1.165, 1.54) is 16.7 Å². The molecule has 0 aliphatic heterocycles. The van der Waals surface area contributed by atoms with Crippen molar-refractivity contribution in [1.82, 2.24) is 10.3 Å². The van der Waals surface area contributed by atoms with Gasteiger partial charge in [-0.05, 0) is 48.4 Å². The third kappa shape index (κ3) is 3.12. The largest absolute Gasteiger partial charge is 0.497 e. The monoisotopic (exact) mass is 256 g/mol. The topological polar surface area (TPSA) is 34.1 Å². The van der Waals surface area contributed by atoms with E-state index in [1.807, 2.05) is 24.5 Å². The van der Waals surface area contributed by atoms with E-state index in [0.29, 0.717) is 0 Å². The Bertz CT molecular complexity index is 540. The fraction of sp³-hybridized carbons (Fsp3) is 0.312. The smallest absolute Gasteiger partial charge is 0.119 e. The Kier molecular flexibility index (Phi) is 4.53. The van der Waals surface area contributed by atoms with E-state index < -0.39 is 0 Å². The first-order valence-corrected chi connectivity index (χ1v) is 6.54. The van der Waals surface area contributed by atoms with Crippen molar-refractivity contribution in [1.29, 1.82) is 0 Å². The van der Waals surface area contributed by atoms with E-state index in [1.54, 1.807) is 7.11 Å². The maximum Gasteiger partial charge on any atom is 0.119 e. The molecular formula is C16H20N2O. The molecule has 0 radical (unpaired) electrons. The highest BCUT2D eigenvalue weighted by Gasteiger charge is 2.15. The summed E-state index contributed by atoms with van der Waals surface area (Å²) in [6, 6.07) is 10.4. The molecule has 100 valence electrons. The first-order valence-electron chi connectivity index (χ1n) is 6.54. The molecule has 0 spiro atoms. The van der Waals surface area contributed by atoms with Gasteiger partial charge in [-0.15, -0.1) is 0 Å². The van der Waals surface area contributed by atoms with Crippen molar-refractivity contribution >= 4 is 0 Å². The maximum absolute atomic E-state index is 5.31. The highest BCUT2D eigenvalue weighted by Crippen LogP contribution is 2.26. The average Bonchev–Trinajstić information content (AvgIpc) is 2.46. The number of ether oxygens (including phenoxy) is 1. The van der Waals surface area contributed by atoms with E-state index in [2.05, 4.69) is 42.3 Å². The third-order valence-corrected chi connectivity index (χ3v) is 3.21. The lowest BCUT2D eigenvalue weighted by atomic mass is 9.96. The number of aromatic nitrogens is 1. The second-order valence-electron chi connectivity index (χ2n) is 4.50. The summed E-state index contributed by atoms with van der Waals surface area (Å²) in [6.45, 7) is 5.11. The van der Waals surface area contributed by atoms with Crippen molar-refractivity contribution in [3.05, 3.63) is 59.4 Å². The molecule has 1 unspecified atom stereocenters. The zero-order valence-corrected chi connectivity index (χ0v) is 11.7. The van der Waals surface area contributed by atoms with Crippen molar-refractivity contribution in [3.8, 4) is 5.75 Å². The summed E-state index contributed by atoms with van der Waals surface area (Å²) in [6.07, 6.45) is 3.74. The number of pyridine rings is 1. The molecule has 3 nitrogen and oxygen atoms in total. The lowest BCUT2D eigenvalue weighted by molar-refractivity contribution is 0.413. The Balaban J connectivity index is 2.42. The molecule has 1 aromatic carbocycles. The van der Waals surface area contributed by atoms with Crippen LogP contribution in [0.15, 0.2) is 42.7 Å². The third-order valence-electron chi connectivity index (χ3n) is 3.21. The molecule has 0 aliphatic carbocycles. The summed E-state index contributed by atoms with van der Waals surface area (Å²) >= 11 is 0. The standard InChI is InChI=1S/C16H20N2O/c1-4-18-16(15-8-9-17-11-12(15)2)13-6-5-7-14(10-13)19-3/h5-11,16,18H,4H2,1-3H3. The van der Waals surface area contributed by atoms with Gasteiger partial charge in [0.15, 0.2) is 0 Å². The molecule has 1 heterocycles. The molecule has 19 heavy (non-hydrogen) atoms. The molecular weight excluding hydrogens is 236 g/mol. The van der Waals surface area contributed by atoms with Gasteiger partial charge >= 0.3 is 0 Å². The van der Waals surface area contributed by atoms with Crippen LogP contribution < -0.4 is 10.1 Å². The summed E-state index contributed by atoms with van der Waals surface area (Å²) in [5.74, 6) is 0.882. The van der Waals surface area contributed by atoms with Gasteiger partial charge in [0.1, 0.15) is 5.75 Å². The quantitative estimate of drug-likeness (QED) is 0.892. The van der Waals surface area contributed by atoms with Gasteiger partial charge in [0.25, 0.3) is 0 Å². The van der Waals surface area contributed by atoms with Gasteiger partial charge < -0.3 is 10.1 Å². The number of aryl methyl sites for hydroxylation is 1. The molecule has 1 aromatic heterocycles. The van der Waals surface area contributed by atoms with E-state index in [4.69, 9.17) is 4.74 Å². The van der Waals surface area contributed by atoms with Crippen LogP contribution in [0.2, 0.25) is 0 Å². The SMILES string of the molecule is CCNC(c1cccc(OC)c1)c1ccncc1C. The van der Waals surface area contributed by atoms with Crippen LogP contribution in [0.5, 0.6) is 5.75 Å². The lowest BCUT2D eigenvalue weighted by Gasteiger charge is -2.21. The number of rotatable bonds is 5. The maximum atomic E-state index is 5.31. The second-order valence-corrected chi connectivity index (χ2v) is 4.50. The summed E-state index contributed by atoms with van der Waals surface area (Å²) < 4.78 is 5.31. The molecule has 1 atom stereocenters. The molecule has 0 amide bonds. The van der Waals surface area contributed by atoms with Crippen molar-refractivity contribution in [2.75, 3.05) is 13.7 Å². The Hall–Kier alpha value is -1.87. The van der Waals surface area contributed by atoms with Crippen LogP contribution in [-0.2, 0) is 0 Å². The fourth-order valence-corrected chi connectivity index (χ4v) is 2.24. The molecule has 1 N–H and O–H groups in total. The van der Waals surface area contributed by atoms with Gasteiger partial charge in [-0.3, -0.25) is 4.98 Å². The first-order chi connectivity index (χ1) is 9.26. The minimum absolute atomic E-state index is 0.170. The van der Waals surface area contributed by atoms with Crippen LogP contribution in [-0.4, -0.2) is 18.6 Å².